The van der Waals surface area contributed by atoms with Crippen molar-refractivity contribution in [3.63, 3.8) is 0 Å². The molecule has 0 bridgehead atoms. The number of aromatic nitrogens is 1. The first kappa shape index (κ1) is 20.4. The molecule has 0 aromatic carbocycles. The summed E-state index contributed by atoms with van der Waals surface area (Å²) >= 11 is 6.11. The van der Waals surface area contributed by atoms with Crippen LogP contribution in [0.5, 0.6) is 0 Å². The number of amides is 1. The zero-order valence-electron chi connectivity index (χ0n) is 16.3. The Kier molecular flexibility index (Phi) is 7.36. The molecule has 150 valence electrons. The van der Waals surface area contributed by atoms with E-state index in [0.717, 1.165) is 56.9 Å². The Morgan fingerprint density at radius 1 is 1.22 bits per heavy atom. The predicted octanol–water partition coefficient (Wildman–Crippen LogP) is 3.64. The van der Waals surface area contributed by atoms with Gasteiger partial charge in [-0.05, 0) is 56.9 Å². The third-order valence-electron chi connectivity index (χ3n) is 5.71. The third-order valence-corrected chi connectivity index (χ3v) is 6.15. The van der Waals surface area contributed by atoms with E-state index in [4.69, 9.17) is 16.3 Å². The zero-order chi connectivity index (χ0) is 19.2. The molecule has 1 amide bonds. The summed E-state index contributed by atoms with van der Waals surface area (Å²) in [4.78, 5) is 24.6. The van der Waals surface area contributed by atoms with E-state index in [1.54, 1.807) is 0 Å². The van der Waals surface area contributed by atoms with E-state index < -0.39 is 0 Å². The highest BCUT2D eigenvalue weighted by Gasteiger charge is 2.23. The molecule has 1 fully saturated rings. The fraction of sp³-hybridized carbons (Fsp3) is 0.714. The highest BCUT2D eigenvalue weighted by molar-refractivity contribution is 6.20. The lowest BCUT2D eigenvalue weighted by Crippen LogP contribution is -2.32. The van der Waals surface area contributed by atoms with E-state index in [1.165, 1.54) is 11.3 Å². The van der Waals surface area contributed by atoms with Crippen molar-refractivity contribution in [1.29, 1.82) is 0 Å². The summed E-state index contributed by atoms with van der Waals surface area (Å²) in [5.74, 6) is 0.148. The number of carbonyl (C=O) groups excluding carboxylic acids is 2. The molecule has 0 atom stereocenters. The molecule has 1 saturated carbocycles. The molecule has 1 N–H and O–H groups in total. The molecule has 0 spiro atoms. The molecule has 27 heavy (non-hydrogen) atoms. The van der Waals surface area contributed by atoms with Crippen molar-refractivity contribution < 1.29 is 14.3 Å². The summed E-state index contributed by atoms with van der Waals surface area (Å²) < 4.78 is 7.83. The minimum absolute atomic E-state index is 0.0260. The number of hydrogen-bond acceptors (Lipinski definition) is 3. The van der Waals surface area contributed by atoms with Crippen LogP contribution in [0.2, 0.25) is 0 Å². The van der Waals surface area contributed by atoms with E-state index in [1.807, 2.05) is 17.7 Å². The Bertz CT molecular complexity index is 663. The van der Waals surface area contributed by atoms with Crippen LogP contribution < -0.4 is 5.32 Å². The molecular weight excluding hydrogens is 364 g/mol. The standard InChI is InChI=1S/C21H31ClN2O3/c1-2-20(25)18-13-24(19-6-4-3-5-17(18)19)14-21(26)23-11-12-27-16-9-7-15(22)8-10-16/h13,15-16H,2-12,14H2,1H3,(H,23,26). The SMILES string of the molecule is CCC(=O)c1cn(CC(=O)NCCOC2CCC(Cl)CC2)c2c1CCCC2. The molecule has 1 heterocycles. The van der Waals surface area contributed by atoms with Crippen LogP contribution in [-0.4, -0.2) is 40.9 Å². The molecule has 1 aromatic rings. The van der Waals surface area contributed by atoms with Crippen molar-refractivity contribution in [2.75, 3.05) is 13.2 Å². The summed E-state index contributed by atoms with van der Waals surface area (Å²) in [5.41, 5.74) is 3.15. The normalized spacial score (nSPS) is 22.3. The number of ketones is 1. The number of nitrogens with one attached hydrogen (secondary N) is 1. The first-order chi connectivity index (χ1) is 13.1. The van der Waals surface area contributed by atoms with Gasteiger partial charge in [-0.25, -0.2) is 0 Å². The first-order valence-electron chi connectivity index (χ1n) is 10.3. The predicted molar refractivity (Wildman–Crippen MR) is 107 cm³/mol. The number of rotatable bonds is 8. The lowest BCUT2D eigenvalue weighted by molar-refractivity contribution is -0.122. The maximum atomic E-state index is 12.4. The summed E-state index contributed by atoms with van der Waals surface area (Å²) in [5, 5.41) is 3.24. The van der Waals surface area contributed by atoms with Crippen LogP contribution in [0.4, 0.5) is 0 Å². The van der Waals surface area contributed by atoms with Crippen LogP contribution in [0, 0.1) is 0 Å². The van der Waals surface area contributed by atoms with Gasteiger partial charge in [0.15, 0.2) is 5.78 Å². The molecule has 6 heteroatoms. The monoisotopic (exact) mass is 394 g/mol. The van der Waals surface area contributed by atoms with E-state index >= 15 is 0 Å². The van der Waals surface area contributed by atoms with Crippen molar-refractivity contribution in [3.05, 3.63) is 23.0 Å². The largest absolute Gasteiger partial charge is 0.376 e. The fourth-order valence-electron chi connectivity index (χ4n) is 4.20. The van der Waals surface area contributed by atoms with Crippen LogP contribution in [0.25, 0.3) is 0 Å². The summed E-state index contributed by atoms with van der Waals surface area (Å²) in [7, 11) is 0. The van der Waals surface area contributed by atoms with E-state index in [-0.39, 0.29) is 24.3 Å². The van der Waals surface area contributed by atoms with Gasteiger partial charge in [-0.1, -0.05) is 6.92 Å². The van der Waals surface area contributed by atoms with Crippen LogP contribution >= 0.6 is 11.6 Å². The van der Waals surface area contributed by atoms with Crippen molar-refractivity contribution in [2.24, 2.45) is 0 Å². The Balaban J connectivity index is 1.48. The lowest BCUT2D eigenvalue weighted by atomic mass is 9.93. The van der Waals surface area contributed by atoms with E-state index in [9.17, 15) is 9.59 Å². The smallest absolute Gasteiger partial charge is 0.240 e. The highest BCUT2D eigenvalue weighted by atomic mass is 35.5. The Labute approximate surface area is 166 Å². The maximum Gasteiger partial charge on any atom is 0.240 e. The quantitative estimate of drug-likeness (QED) is 0.416. The Morgan fingerprint density at radius 2 is 1.96 bits per heavy atom. The van der Waals surface area contributed by atoms with Crippen molar-refractivity contribution in [1.82, 2.24) is 9.88 Å². The second kappa shape index (κ2) is 9.74. The molecule has 0 aliphatic heterocycles. The summed E-state index contributed by atoms with van der Waals surface area (Å²) in [6, 6.07) is 0. The molecular formula is C21H31ClN2O3. The number of nitrogens with zero attached hydrogens (tertiary/aromatic N) is 1. The first-order valence-corrected chi connectivity index (χ1v) is 10.8. The number of halogens is 1. The Morgan fingerprint density at radius 3 is 2.70 bits per heavy atom. The number of ether oxygens (including phenoxy) is 1. The number of fused-ring (bicyclic) bond motifs is 1. The molecule has 2 aliphatic rings. The second-order valence-corrected chi connectivity index (χ2v) is 8.29. The van der Waals surface area contributed by atoms with Crippen molar-refractivity contribution in [2.45, 2.75) is 82.7 Å². The van der Waals surface area contributed by atoms with Crippen molar-refractivity contribution >= 4 is 23.3 Å². The molecule has 0 saturated heterocycles. The topological polar surface area (TPSA) is 60.3 Å². The van der Waals surface area contributed by atoms with Gasteiger partial charge in [0.25, 0.3) is 0 Å². The number of hydrogen-bond donors (Lipinski definition) is 1. The minimum atomic E-state index is -0.0260. The lowest BCUT2D eigenvalue weighted by Gasteiger charge is -2.25. The highest BCUT2D eigenvalue weighted by Crippen LogP contribution is 2.27. The van der Waals surface area contributed by atoms with Crippen LogP contribution in [-0.2, 0) is 28.9 Å². The van der Waals surface area contributed by atoms with Gasteiger partial charge in [-0.15, -0.1) is 11.6 Å². The van der Waals surface area contributed by atoms with Gasteiger partial charge in [0.2, 0.25) is 5.91 Å². The molecule has 2 aliphatic carbocycles. The van der Waals surface area contributed by atoms with Crippen LogP contribution in [0.1, 0.15) is 73.5 Å². The third kappa shape index (κ3) is 5.35. The van der Waals surface area contributed by atoms with Gasteiger partial charge in [0.1, 0.15) is 6.54 Å². The molecule has 3 rings (SSSR count). The number of carbonyl (C=O) groups is 2. The van der Waals surface area contributed by atoms with Gasteiger partial charge >= 0.3 is 0 Å². The van der Waals surface area contributed by atoms with E-state index in [0.29, 0.717) is 24.9 Å². The molecule has 1 aromatic heterocycles. The van der Waals surface area contributed by atoms with Gasteiger partial charge in [-0.3, -0.25) is 9.59 Å². The van der Waals surface area contributed by atoms with Crippen LogP contribution in [0.3, 0.4) is 0 Å². The number of alkyl halides is 1. The minimum Gasteiger partial charge on any atom is -0.376 e. The van der Waals surface area contributed by atoms with Crippen molar-refractivity contribution in [3.8, 4) is 0 Å². The maximum absolute atomic E-state index is 12.4. The number of Topliss-reactive ketones (excluding diaryl/α,β-unsaturated/α-hetero) is 1. The summed E-state index contributed by atoms with van der Waals surface area (Å²) in [6.45, 7) is 3.22. The van der Waals surface area contributed by atoms with E-state index in [2.05, 4.69) is 5.32 Å². The Hall–Kier alpha value is -1.33. The average Bonchev–Trinajstić information content (AvgIpc) is 3.04. The average molecular weight is 395 g/mol. The molecule has 5 nitrogen and oxygen atoms in total. The second-order valence-electron chi connectivity index (χ2n) is 7.67. The summed E-state index contributed by atoms with van der Waals surface area (Å²) in [6.07, 6.45) is 10.8. The fourth-order valence-corrected chi connectivity index (χ4v) is 4.45. The van der Waals surface area contributed by atoms with Gasteiger partial charge < -0.3 is 14.6 Å². The van der Waals surface area contributed by atoms with Crippen LogP contribution in [0.15, 0.2) is 6.20 Å². The van der Waals surface area contributed by atoms with Gasteiger partial charge in [-0.2, -0.15) is 0 Å². The molecule has 0 unspecified atom stereocenters. The van der Waals surface area contributed by atoms with Gasteiger partial charge in [0.05, 0.1) is 12.7 Å². The molecule has 0 radical (unpaired) electrons. The van der Waals surface area contributed by atoms with Gasteiger partial charge in [0, 0.05) is 35.8 Å². The zero-order valence-corrected chi connectivity index (χ0v) is 17.0.